The van der Waals surface area contributed by atoms with Crippen LogP contribution in [0.15, 0.2) is 53.0 Å². The van der Waals surface area contributed by atoms with Gasteiger partial charge in [0, 0.05) is 33.7 Å². The molecule has 1 atom stereocenters. The molecule has 3 nitrogen and oxygen atoms in total. The number of aromatic nitrogens is 1. The van der Waals surface area contributed by atoms with Gasteiger partial charge < -0.3 is 15.2 Å². The van der Waals surface area contributed by atoms with Crippen LogP contribution in [0.25, 0.3) is 10.9 Å². The van der Waals surface area contributed by atoms with Gasteiger partial charge in [-0.25, -0.2) is 0 Å². The van der Waals surface area contributed by atoms with E-state index < -0.39 is 0 Å². The van der Waals surface area contributed by atoms with Gasteiger partial charge in [-0.1, -0.05) is 46.3 Å². The first-order chi connectivity index (χ1) is 12.5. The number of fused-ring (bicyclic) bond motifs is 3. The van der Waals surface area contributed by atoms with Crippen LogP contribution in [-0.4, -0.2) is 27.6 Å². The lowest BCUT2D eigenvalue weighted by molar-refractivity contribution is 0.327. The molecule has 5 heteroatoms. The van der Waals surface area contributed by atoms with Crippen LogP contribution < -0.4 is 5.32 Å². The van der Waals surface area contributed by atoms with Crippen LogP contribution in [0.4, 0.5) is 0 Å². The van der Waals surface area contributed by atoms with E-state index in [1.165, 1.54) is 27.7 Å². The molecule has 134 valence electrons. The van der Waals surface area contributed by atoms with Crippen LogP contribution in [0.1, 0.15) is 36.7 Å². The number of nitrogens with zero attached hydrogens (tertiary/aromatic N) is 1. The first-order valence-electron chi connectivity index (χ1n) is 8.96. The van der Waals surface area contributed by atoms with Gasteiger partial charge in [-0.05, 0) is 61.8 Å². The first-order valence-corrected chi connectivity index (χ1v) is 10.2. The molecule has 0 bridgehead atoms. The molecule has 0 aliphatic carbocycles. The highest BCUT2D eigenvalue weighted by Gasteiger charge is 2.33. The average Bonchev–Trinajstić information content (AvgIpc) is 2.99. The number of thiocarbonyl (C=S) groups is 1. The second kappa shape index (κ2) is 7.05. The molecule has 0 fully saturated rings. The Morgan fingerprint density at radius 3 is 2.73 bits per heavy atom. The number of hydrogen-bond acceptors (Lipinski definition) is 1. The van der Waals surface area contributed by atoms with E-state index in [9.17, 15) is 0 Å². The van der Waals surface area contributed by atoms with Crippen molar-refractivity contribution in [3.8, 4) is 0 Å². The zero-order valence-electron chi connectivity index (χ0n) is 14.9. The van der Waals surface area contributed by atoms with Crippen molar-refractivity contribution in [1.29, 1.82) is 0 Å². The Labute approximate surface area is 167 Å². The number of aromatic amines is 1. The summed E-state index contributed by atoms with van der Waals surface area (Å²) in [6.45, 7) is 5.16. The van der Waals surface area contributed by atoms with Crippen LogP contribution in [0, 0.1) is 0 Å². The van der Waals surface area contributed by atoms with E-state index >= 15 is 0 Å². The van der Waals surface area contributed by atoms with Crippen molar-refractivity contribution in [3.63, 3.8) is 0 Å². The van der Waals surface area contributed by atoms with E-state index in [2.05, 4.69) is 93.5 Å². The summed E-state index contributed by atoms with van der Waals surface area (Å²) in [5.41, 5.74) is 5.10. The Balaban J connectivity index is 1.86. The average molecular weight is 428 g/mol. The van der Waals surface area contributed by atoms with Crippen LogP contribution >= 0.6 is 28.1 Å². The largest absolute Gasteiger partial charge is 0.360 e. The van der Waals surface area contributed by atoms with Gasteiger partial charge in [0.05, 0.1) is 6.04 Å². The van der Waals surface area contributed by atoms with Crippen molar-refractivity contribution < 1.29 is 0 Å². The SMILES string of the molecule is CC(C)NC(=S)N1CCc2c([nH]c3ccc(Br)cc23)C1c1ccccc1. The Hall–Kier alpha value is -1.85. The summed E-state index contributed by atoms with van der Waals surface area (Å²) in [6, 6.07) is 17.5. The molecular formula is C21H22BrN3S. The van der Waals surface area contributed by atoms with Gasteiger partial charge in [0.2, 0.25) is 0 Å². The third-order valence-corrected chi connectivity index (χ3v) is 5.72. The minimum Gasteiger partial charge on any atom is -0.360 e. The molecule has 2 heterocycles. The predicted molar refractivity (Wildman–Crippen MR) is 116 cm³/mol. The molecule has 1 unspecified atom stereocenters. The van der Waals surface area contributed by atoms with Gasteiger partial charge in [0.25, 0.3) is 0 Å². The van der Waals surface area contributed by atoms with E-state index in [0.29, 0.717) is 6.04 Å². The summed E-state index contributed by atoms with van der Waals surface area (Å²) < 4.78 is 1.11. The lowest BCUT2D eigenvalue weighted by atomic mass is 9.93. The second-order valence-electron chi connectivity index (χ2n) is 7.07. The van der Waals surface area contributed by atoms with Crippen molar-refractivity contribution in [2.45, 2.75) is 32.4 Å². The molecule has 0 radical (unpaired) electrons. The Morgan fingerprint density at radius 2 is 2.00 bits per heavy atom. The first kappa shape index (κ1) is 17.6. The lowest BCUT2D eigenvalue weighted by Crippen LogP contribution is -2.47. The molecule has 2 N–H and O–H groups in total. The molecule has 1 aromatic heterocycles. The molecular weight excluding hydrogens is 406 g/mol. The fraction of sp³-hybridized carbons (Fsp3) is 0.286. The smallest absolute Gasteiger partial charge is 0.169 e. The maximum Gasteiger partial charge on any atom is 0.169 e. The summed E-state index contributed by atoms with van der Waals surface area (Å²) in [7, 11) is 0. The molecule has 1 aliphatic rings. The molecule has 3 aromatic rings. The third kappa shape index (κ3) is 3.14. The van der Waals surface area contributed by atoms with Crippen molar-refractivity contribution >= 4 is 44.2 Å². The molecule has 4 rings (SSSR count). The third-order valence-electron chi connectivity index (χ3n) is 4.88. The number of H-pyrrole nitrogens is 1. The highest BCUT2D eigenvalue weighted by Crippen LogP contribution is 2.39. The van der Waals surface area contributed by atoms with Gasteiger partial charge in [0.15, 0.2) is 5.11 Å². The number of nitrogens with one attached hydrogen (secondary N) is 2. The molecule has 0 saturated carbocycles. The maximum atomic E-state index is 5.75. The van der Waals surface area contributed by atoms with Crippen LogP contribution in [0.2, 0.25) is 0 Å². The maximum absolute atomic E-state index is 5.75. The van der Waals surface area contributed by atoms with E-state index in [1.54, 1.807) is 0 Å². The standard InChI is InChI=1S/C21H22BrN3S/c1-13(2)23-21(26)25-11-10-16-17-12-15(22)8-9-18(17)24-19(16)20(25)14-6-4-3-5-7-14/h3-9,12-13,20,24H,10-11H2,1-2H3,(H,23,26). The van der Waals surface area contributed by atoms with Gasteiger partial charge in [0.1, 0.15) is 0 Å². The summed E-state index contributed by atoms with van der Waals surface area (Å²) in [4.78, 5) is 6.00. The van der Waals surface area contributed by atoms with Crippen molar-refractivity contribution in [2.24, 2.45) is 0 Å². The molecule has 0 saturated heterocycles. The molecule has 26 heavy (non-hydrogen) atoms. The monoisotopic (exact) mass is 427 g/mol. The quantitative estimate of drug-likeness (QED) is 0.553. The van der Waals surface area contributed by atoms with Gasteiger partial charge in [-0.2, -0.15) is 0 Å². The fourth-order valence-electron chi connectivity index (χ4n) is 3.79. The summed E-state index contributed by atoms with van der Waals surface area (Å²) in [5.74, 6) is 0. The normalized spacial score (nSPS) is 16.8. The molecule has 0 amide bonds. The van der Waals surface area contributed by atoms with Gasteiger partial charge in [-0.15, -0.1) is 0 Å². The van der Waals surface area contributed by atoms with Gasteiger partial charge in [-0.3, -0.25) is 0 Å². The molecule has 1 aliphatic heterocycles. The Kier molecular flexibility index (Phi) is 4.76. The Morgan fingerprint density at radius 1 is 1.23 bits per heavy atom. The minimum atomic E-state index is 0.102. The van der Waals surface area contributed by atoms with E-state index in [4.69, 9.17) is 12.2 Å². The summed E-state index contributed by atoms with van der Waals surface area (Å²) >= 11 is 9.36. The van der Waals surface area contributed by atoms with Crippen LogP contribution in [-0.2, 0) is 6.42 Å². The second-order valence-corrected chi connectivity index (χ2v) is 8.37. The van der Waals surface area contributed by atoms with Gasteiger partial charge >= 0.3 is 0 Å². The topological polar surface area (TPSA) is 31.1 Å². The van der Waals surface area contributed by atoms with Crippen molar-refractivity contribution in [3.05, 3.63) is 69.8 Å². The number of halogens is 1. The highest BCUT2D eigenvalue weighted by atomic mass is 79.9. The van der Waals surface area contributed by atoms with Crippen molar-refractivity contribution in [1.82, 2.24) is 15.2 Å². The highest BCUT2D eigenvalue weighted by molar-refractivity contribution is 9.10. The number of rotatable bonds is 2. The zero-order chi connectivity index (χ0) is 18.3. The number of hydrogen-bond donors (Lipinski definition) is 2. The fourth-order valence-corrected chi connectivity index (χ4v) is 4.58. The minimum absolute atomic E-state index is 0.102. The zero-order valence-corrected chi connectivity index (χ0v) is 17.3. The van der Waals surface area contributed by atoms with E-state index in [-0.39, 0.29) is 6.04 Å². The Bertz CT molecular complexity index is 949. The molecule has 2 aromatic carbocycles. The molecule has 0 spiro atoms. The van der Waals surface area contributed by atoms with Crippen molar-refractivity contribution in [2.75, 3.05) is 6.54 Å². The van der Waals surface area contributed by atoms with Crippen LogP contribution in [0.5, 0.6) is 0 Å². The number of benzene rings is 2. The van der Waals surface area contributed by atoms with E-state index in [0.717, 1.165) is 22.6 Å². The van der Waals surface area contributed by atoms with E-state index in [1.807, 2.05) is 0 Å². The lowest BCUT2D eigenvalue weighted by Gasteiger charge is -2.38. The summed E-state index contributed by atoms with van der Waals surface area (Å²) in [5, 5.41) is 5.54. The van der Waals surface area contributed by atoms with Crippen LogP contribution in [0.3, 0.4) is 0 Å². The summed E-state index contributed by atoms with van der Waals surface area (Å²) in [6.07, 6.45) is 0.981. The predicted octanol–water partition coefficient (Wildman–Crippen LogP) is 5.16.